The predicted molar refractivity (Wildman–Crippen MR) is 96.2 cm³/mol. The summed E-state index contributed by atoms with van der Waals surface area (Å²) < 4.78 is 21.7. The molecule has 0 radical (unpaired) electrons. The van der Waals surface area contributed by atoms with E-state index < -0.39 is 92.9 Å². The van der Waals surface area contributed by atoms with Crippen LogP contribution in [0.5, 0.6) is 0 Å². The summed E-state index contributed by atoms with van der Waals surface area (Å²) in [6.07, 6.45) is -17.6. The van der Waals surface area contributed by atoms with Crippen LogP contribution in [-0.4, -0.2) is 152 Å². The van der Waals surface area contributed by atoms with Gasteiger partial charge in [0.1, 0.15) is 54.9 Å². The van der Waals surface area contributed by atoms with Crippen molar-refractivity contribution >= 4 is 0 Å². The zero-order valence-electron chi connectivity index (χ0n) is 16.5. The van der Waals surface area contributed by atoms with E-state index in [1.165, 1.54) is 0 Å². The summed E-state index contributed by atoms with van der Waals surface area (Å²) in [7, 11) is 0. The van der Waals surface area contributed by atoms with Crippen molar-refractivity contribution in [1.82, 2.24) is 5.32 Å². The maximum atomic E-state index is 10.6. The minimum absolute atomic E-state index is 0.132. The van der Waals surface area contributed by atoms with E-state index in [1.54, 1.807) is 0 Å². The molecule has 182 valence electrons. The van der Waals surface area contributed by atoms with E-state index in [9.17, 15) is 46.0 Å². The highest BCUT2D eigenvalue weighted by atomic mass is 16.7. The smallest absolute Gasteiger partial charge is 0.187 e. The van der Waals surface area contributed by atoms with Crippen LogP contribution in [0.15, 0.2) is 0 Å². The van der Waals surface area contributed by atoms with Gasteiger partial charge in [-0.25, -0.2) is 0 Å². The highest BCUT2D eigenvalue weighted by molar-refractivity contribution is 4.96. The predicted octanol–water partition coefficient (Wildman–Crippen LogP) is -6.68. The van der Waals surface area contributed by atoms with Gasteiger partial charge in [-0.1, -0.05) is 0 Å². The molecule has 0 spiro atoms. The molecule has 0 aliphatic carbocycles. The van der Waals surface area contributed by atoms with Crippen LogP contribution in [0.4, 0.5) is 0 Å². The summed E-state index contributed by atoms with van der Waals surface area (Å²) in [5.74, 6) is 0. The largest absolute Gasteiger partial charge is 0.395 e. The highest BCUT2D eigenvalue weighted by Crippen LogP contribution is 2.30. The fourth-order valence-corrected chi connectivity index (χ4v) is 3.95. The van der Waals surface area contributed by atoms with Gasteiger partial charge >= 0.3 is 0 Å². The van der Waals surface area contributed by atoms with E-state index in [0.717, 1.165) is 0 Å². The third kappa shape index (κ3) is 5.02. The molecule has 0 bridgehead atoms. The van der Waals surface area contributed by atoms with Gasteiger partial charge in [0.2, 0.25) is 0 Å². The fraction of sp³-hybridized carbons (Fsp3) is 1.00. The average molecular weight is 457 g/mol. The second-order valence-corrected chi connectivity index (χ2v) is 7.87. The number of β-amino-alcohol motifs (C(OH)–C–C–N with tert-alkyl or cyclic N) is 1. The summed E-state index contributed by atoms with van der Waals surface area (Å²) in [6.45, 7) is -1.63. The first-order valence-corrected chi connectivity index (χ1v) is 9.99. The number of nitrogens with one attached hydrogen (secondary N) is 1. The molecule has 14 nitrogen and oxygen atoms in total. The molecular weight excluding hydrogens is 426 g/mol. The van der Waals surface area contributed by atoms with Gasteiger partial charge in [-0.05, 0) is 0 Å². The molecule has 3 saturated heterocycles. The van der Waals surface area contributed by atoms with Crippen molar-refractivity contribution in [1.29, 1.82) is 0 Å². The van der Waals surface area contributed by atoms with Gasteiger partial charge in [-0.3, -0.25) is 0 Å². The van der Waals surface area contributed by atoms with Gasteiger partial charge in [0.15, 0.2) is 12.6 Å². The molecule has 3 fully saturated rings. The molecule has 10 N–H and O–H groups in total. The lowest BCUT2D eigenvalue weighted by atomic mass is 9.97. The average Bonchev–Trinajstić information content (AvgIpc) is 3.12. The molecule has 3 aliphatic rings. The van der Waals surface area contributed by atoms with Gasteiger partial charge in [0, 0.05) is 6.54 Å². The van der Waals surface area contributed by atoms with Crippen molar-refractivity contribution in [2.24, 2.45) is 0 Å². The second kappa shape index (κ2) is 10.6. The Labute approximate surface area is 177 Å². The van der Waals surface area contributed by atoms with E-state index in [1.807, 2.05) is 0 Å². The standard InChI is InChI=1S/C17H31NO13/c19-2-5-14(6(22)1-18-5)30-17-13(27)11(25)15(8(4-21)29-17)31-16-12(26)10(24)9(23)7(3-20)28-16/h5-27H,1-4H2/t5?,6?,7-,8-,9-,10+,11+,12-,13-,14?,15+,16+,17-/m1/s1. The Morgan fingerprint density at radius 1 is 0.645 bits per heavy atom. The van der Waals surface area contributed by atoms with Crippen molar-refractivity contribution in [2.45, 2.75) is 79.7 Å². The molecule has 31 heavy (non-hydrogen) atoms. The number of rotatable bonds is 7. The number of hydrogen-bond donors (Lipinski definition) is 10. The second-order valence-electron chi connectivity index (χ2n) is 7.87. The zero-order valence-corrected chi connectivity index (χ0v) is 16.5. The summed E-state index contributed by atoms with van der Waals surface area (Å²) in [4.78, 5) is 0. The van der Waals surface area contributed by atoms with Crippen LogP contribution < -0.4 is 5.32 Å². The van der Waals surface area contributed by atoms with Crippen molar-refractivity contribution in [3.05, 3.63) is 0 Å². The Bertz CT molecular complexity index is 568. The van der Waals surface area contributed by atoms with Crippen LogP contribution in [0, 0.1) is 0 Å². The molecule has 0 aromatic rings. The van der Waals surface area contributed by atoms with Crippen LogP contribution in [0.25, 0.3) is 0 Å². The number of aliphatic hydroxyl groups excluding tert-OH is 9. The first-order valence-electron chi connectivity index (χ1n) is 9.99. The molecule has 3 unspecified atom stereocenters. The first kappa shape index (κ1) is 25.1. The van der Waals surface area contributed by atoms with Crippen LogP contribution in [0.1, 0.15) is 0 Å². The quantitative estimate of drug-likeness (QED) is 0.171. The maximum Gasteiger partial charge on any atom is 0.187 e. The molecule has 0 aromatic heterocycles. The lowest BCUT2D eigenvalue weighted by Gasteiger charge is -2.46. The third-order valence-corrected chi connectivity index (χ3v) is 5.81. The summed E-state index contributed by atoms with van der Waals surface area (Å²) in [5.41, 5.74) is 0. The van der Waals surface area contributed by atoms with Gasteiger partial charge < -0.3 is 70.2 Å². The summed E-state index contributed by atoms with van der Waals surface area (Å²) >= 11 is 0. The van der Waals surface area contributed by atoms with Crippen molar-refractivity contribution < 1.29 is 64.9 Å². The summed E-state index contributed by atoms with van der Waals surface area (Å²) in [6, 6.07) is -0.640. The topological polar surface area (TPSA) is 231 Å². The lowest BCUT2D eigenvalue weighted by molar-refractivity contribution is -0.364. The van der Waals surface area contributed by atoms with Crippen LogP contribution >= 0.6 is 0 Å². The first-order chi connectivity index (χ1) is 14.7. The normalized spacial score (nSPS) is 51.2. The lowest BCUT2D eigenvalue weighted by Crippen LogP contribution is -2.65. The molecule has 3 aliphatic heterocycles. The third-order valence-electron chi connectivity index (χ3n) is 5.81. The van der Waals surface area contributed by atoms with E-state index in [4.69, 9.17) is 18.9 Å². The van der Waals surface area contributed by atoms with Crippen LogP contribution in [0.2, 0.25) is 0 Å². The molecule has 0 amide bonds. The Morgan fingerprint density at radius 2 is 1.19 bits per heavy atom. The number of aliphatic hydroxyl groups is 9. The van der Waals surface area contributed by atoms with E-state index in [0.29, 0.717) is 0 Å². The SMILES string of the molecule is OCC1NCC(O)C1O[C@H]1O[C@H](CO)[C@H](O[C@@H]2O[C@H](CO)[C@@H](O)[C@H](O)[C@H]2O)[C@@H](O)[C@H]1O. The number of ether oxygens (including phenoxy) is 4. The molecule has 0 aromatic carbocycles. The van der Waals surface area contributed by atoms with Crippen molar-refractivity contribution in [2.75, 3.05) is 26.4 Å². The summed E-state index contributed by atoms with van der Waals surface area (Å²) in [5, 5.41) is 92.0. The molecule has 0 saturated carbocycles. The monoisotopic (exact) mass is 457 g/mol. The zero-order chi connectivity index (χ0) is 22.9. The van der Waals surface area contributed by atoms with Crippen molar-refractivity contribution in [3.63, 3.8) is 0 Å². The molecule has 3 heterocycles. The van der Waals surface area contributed by atoms with Gasteiger partial charge in [-0.15, -0.1) is 0 Å². The van der Waals surface area contributed by atoms with Gasteiger partial charge in [-0.2, -0.15) is 0 Å². The van der Waals surface area contributed by atoms with Crippen molar-refractivity contribution in [3.8, 4) is 0 Å². The van der Waals surface area contributed by atoms with E-state index in [-0.39, 0.29) is 13.2 Å². The number of hydrogen-bond acceptors (Lipinski definition) is 14. The van der Waals surface area contributed by atoms with Crippen LogP contribution in [0.3, 0.4) is 0 Å². The molecular formula is C17H31NO13. The van der Waals surface area contributed by atoms with E-state index >= 15 is 0 Å². The highest BCUT2D eigenvalue weighted by Gasteiger charge is 2.52. The minimum atomic E-state index is -1.76. The molecule has 13 atom stereocenters. The van der Waals surface area contributed by atoms with E-state index in [2.05, 4.69) is 5.32 Å². The van der Waals surface area contributed by atoms with Gasteiger partial charge in [0.05, 0.1) is 32.0 Å². The van der Waals surface area contributed by atoms with Crippen LogP contribution in [-0.2, 0) is 18.9 Å². The fourth-order valence-electron chi connectivity index (χ4n) is 3.95. The Kier molecular flexibility index (Phi) is 8.56. The Morgan fingerprint density at radius 3 is 1.77 bits per heavy atom. The maximum absolute atomic E-state index is 10.6. The Balaban J connectivity index is 1.69. The minimum Gasteiger partial charge on any atom is -0.395 e. The van der Waals surface area contributed by atoms with Gasteiger partial charge in [0.25, 0.3) is 0 Å². The Hall–Kier alpha value is -0.560. The molecule has 3 rings (SSSR count). The molecule has 14 heteroatoms.